The zero-order chi connectivity index (χ0) is 22.0. The molecule has 30 heavy (non-hydrogen) atoms. The van der Waals surface area contributed by atoms with Crippen molar-refractivity contribution in [2.24, 2.45) is 17.8 Å². The molecule has 176 valence electrons. The van der Waals surface area contributed by atoms with Crippen LogP contribution in [0.4, 0.5) is 0 Å². The average Bonchev–Trinajstić information content (AvgIpc) is 2.74. The highest BCUT2D eigenvalue weighted by Gasteiger charge is 2.31. The Balaban J connectivity index is 2.00. The summed E-state index contributed by atoms with van der Waals surface area (Å²) in [5.41, 5.74) is 0. The second-order valence-corrected chi connectivity index (χ2v) is 9.60. The lowest BCUT2D eigenvalue weighted by molar-refractivity contribution is -0.155. The first-order chi connectivity index (χ1) is 14.5. The molecule has 0 unspecified atom stereocenters. The quantitative estimate of drug-likeness (QED) is 0.182. The molecular weight excluding hydrogens is 376 g/mol. The molecule has 1 aliphatic carbocycles. The van der Waals surface area contributed by atoms with Crippen LogP contribution in [-0.4, -0.2) is 25.2 Å². The molecule has 0 atom stereocenters. The fourth-order valence-corrected chi connectivity index (χ4v) is 4.21. The van der Waals surface area contributed by atoms with Crippen LogP contribution in [0.2, 0.25) is 0 Å². The van der Waals surface area contributed by atoms with E-state index in [1.54, 1.807) is 0 Å². The van der Waals surface area contributed by atoms with E-state index in [1.165, 1.54) is 51.4 Å². The summed E-state index contributed by atoms with van der Waals surface area (Å²) in [5.74, 6) is 0.630. The summed E-state index contributed by atoms with van der Waals surface area (Å²) in [4.78, 5) is 24.5. The fourth-order valence-electron chi connectivity index (χ4n) is 4.21. The third-order valence-corrected chi connectivity index (χ3v) is 6.31. The first kappa shape index (κ1) is 27.0. The molecular formula is C26H48O4. The molecule has 0 saturated heterocycles. The van der Waals surface area contributed by atoms with Gasteiger partial charge in [0.05, 0.1) is 25.0 Å². The Morgan fingerprint density at radius 2 is 1.07 bits per heavy atom. The monoisotopic (exact) mass is 424 g/mol. The molecule has 0 radical (unpaired) electrons. The van der Waals surface area contributed by atoms with Gasteiger partial charge in [0, 0.05) is 0 Å². The molecule has 1 rings (SSSR count). The summed E-state index contributed by atoms with van der Waals surface area (Å²) in [5, 5.41) is 0. The fraction of sp³-hybridized carbons (Fsp3) is 0.923. The smallest absolute Gasteiger partial charge is 0.308 e. The summed E-state index contributed by atoms with van der Waals surface area (Å²) in [6.45, 7) is 7.85. The van der Waals surface area contributed by atoms with Gasteiger partial charge in [0.2, 0.25) is 0 Å². The first-order valence-corrected chi connectivity index (χ1v) is 12.9. The highest BCUT2D eigenvalue weighted by molar-refractivity contribution is 5.75. The Morgan fingerprint density at radius 3 is 1.50 bits per heavy atom. The lowest BCUT2D eigenvalue weighted by Gasteiger charge is -2.26. The number of ether oxygens (including phenoxy) is 2. The van der Waals surface area contributed by atoms with E-state index >= 15 is 0 Å². The molecule has 0 spiro atoms. The predicted molar refractivity (Wildman–Crippen MR) is 123 cm³/mol. The van der Waals surface area contributed by atoms with Gasteiger partial charge in [0.25, 0.3) is 0 Å². The Bertz CT molecular complexity index is 438. The molecule has 1 fully saturated rings. The Morgan fingerprint density at radius 1 is 0.667 bits per heavy atom. The van der Waals surface area contributed by atoms with Crippen molar-refractivity contribution in [1.29, 1.82) is 0 Å². The molecule has 0 aromatic carbocycles. The zero-order valence-electron chi connectivity index (χ0n) is 20.1. The maximum absolute atomic E-state index is 12.3. The minimum Gasteiger partial charge on any atom is -0.465 e. The second-order valence-electron chi connectivity index (χ2n) is 9.60. The van der Waals surface area contributed by atoms with Crippen LogP contribution >= 0.6 is 0 Å². The summed E-state index contributed by atoms with van der Waals surface area (Å²) in [6, 6.07) is 0. The van der Waals surface area contributed by atoms with Gasteiger partial charge in [0.15, 0.2) is 0 Å². The molecule has 0 aromatic heterocycles. The van der Waals surface area contributed by atoms with E-state index in [1.807, 2.05) is 0 Å². The van der Waals surface area contributed by atoms with Crippen molar-refractivity contribution in [3.05, 3.63) is 0 Å². The Kier molecular flexibility index (Phi) is 15.8. The summed E-state index contributed by atoms with van der Waals surface area (Å²) < 4.78 is 10.9. The molecule has 0 heterocycles. The maximum atomic E-state index is 12.3. The van der Waals surface area contributed by atoms with E-state index in [0.29, 0.717) is 13.2 Å². The normalized spacial score (nSPS) is 19.1. The van der Waals surface area contributed by atoms with Crippen molar-refractivity contribution in [3.63, 3.8) is 0 Å². The lowest BCUT2D eigenvalue weighted by atomic mass is 9.82. The van der Waals surface area contributed by atoms with Crippen LogP contribution < -0.4 is 0 Å². The van der Waals surface area contributed by atoms with Gasteiger partial charge in [-0.15, -0.1) is 0 Å². The number of esters is 2. The van der Waals surface area contributed by atoms with E-state index in [2.05, 4.69) is 20.8 Å². The van der Waals surface area contributed by atoms with E-state index in [-0.39, 0.29) is 23.8 Å². The highest BCUT2D eigenvalue weighted by atomic mass is 16.5. The average molecular weight is 425 g/mol. The van der Waals surface area contributed by atoms with E-state index in [9.17, 15) is 9.59 Å². The second kappa shape index (κ2) is 17.6. The van der Waals surface area contributed by atoms with Gasteiger partial charge in [-0.25, -0.2) is 0 Å². The molecule has 0 amide bonds. The van der Waals surface area contributed by atoms with Crippen molar-refractivity contribution in [1.82, 2.24) is 0 Å². The molecule has 1 saturated carbocycles. The summed E-state index contributed by atoms with van der Waals surface area (Å²) in [6.07, 6.45) is 17.5. The van der Waals surface area contributed by atoms with Gasteiger partial charge >= 0.3 is 11.9 Å². The zero-order valence-corrected chi connectivity index (χ0v) is 20.1. The number of hydrogen-bond acceptors (Lipinski definition) is 4. The summed E-state index contributed by atoms with van der Waals surface area (Å²) >= 11 is 0. The number of carbonyl (C=O) groups excluding carboxylic acids is 2. The number of unbranched alkanes of at least 4 members (excludes halogenated alkanes) is 9. The molecule has 0 aromatic rings. The van der Waals surface area contributed by atoms with Crippen molar-refractivity contribution < 1.29 is 19.1 Å². The minimum absolute atomic E-state index is 0.0274. The number of carbonyl (C=O) groups is 2. The number of hydrogen-bond donors (Lipinski definition) is 0. The first-order valence-electron chi connectivity index (χ1n) is 12.9. The van der Waals surface area contributed by atoms with Gasteiger partial charge in [-0.1, -0.05) is 85.0 Å². The topological polar surface area (TPSA) is 52.6 Å². The van der Waals surface area contributed by atoms with Gasteiger partial charge in [-0.3, -0.25) is 9.59 Å². The van der Waals surface area contributed by atoms with Crippen LogP contribution in [0.5, 0.6) is 0 Å². The van der Waals surface area contributed by atoms with Gasteiger partial charge in [-0.05, 0) is 44.4 Å². The van der Waals surface area contributed by atoms with Crippen molar-refractivity contribution in [3.8, 4) is 0 Å². The maximum Gasteiger partial charge on any atom is 0.308 e. The molecule has 0 aliphatic heterocycles. The van der Waals surface area contributed by atoms with Crippen LogP contribution in [0.15, 0.2) is 0 Å². The number of rotatable bonds is 17. The lowest BCUT2D eigenvalue weighted by Crippen LogP contribution is -2.28. The third kappa shape index (κ3) is 13.3. The molecule has 0 bridgehead atoms. The van der Waals surface area contributed by atoms with Crippen LogP contribution in [-0.2, 0) is 19.1 Å². The standard InChI is InChI=1S/C26H48O4/c1-4-5-6-10-13-20-29-25(27)23-16-18-24(19-17-23)26(28)30-21-14-11-8-7-9-12-15-22(2)3/h22-24H,4-21H2,1-3H3. The van der Waals surface area contributed by atoms with Crippen molar-refractivity contribution >= 4 is 11.9 Å². The predicted octanol–water partition coefficient (Wildman–Crippen LogP) is 7.24. The van der Waals surface area contributed by atoms with Crippen molar-refractivity contribution in [2.45, 2.75) is 124 Å². The molecule has 4 nitrogen and oxygen atoms in total. The third-order valence-electron chi connectivity index (χ3n) is 6.31. The molecule has 0 N–H and O–H groups in total. The van der Waals surface area contributed by atoms with Crippen molar-refractivity contribution in [2.75, 3.05) is 13.2 Å². The molecule has 1 aliphatic rings. The van der Waals surface area contributed by atoms with Crippen LogP contribution in [0.25, 0.3) is 0 Å². The summed E-state index contributed by atoms with van der Waals surface area (Å²) in [7, 11) is 0. The van der Waals surface area contributed by atoms with Crippen LogP contribution in [0.1, 0.15) is 124 Å². The SMILES string of the molecule is CCCCCCCOC(=O)C1CCC(C(=O)OCCCCCCCCC(C)C)CC1. The van der Waals surface area contributed by atoms with Crippen LogP contribution in [0, 0.1) is 17.8 Å². The Hall–Kier alpha value is -1.06. The van der Waals surface area contributed by atoms with E-state index in [0.717, 1.165) is 57.3 Å². The largest absolute Gasteiger partial charge is 0.465 e. The van der Waals surface area contributed by atoms with Gasteiger partial charge in [-0.2, -0.15) is 0 Å². The van der Waals surface area contributed by atoms with Crippen LogP contribution in [0.3, 0.4) is 0 Å². The minimum atomic E-state index is -0.0642. The van der Waals surface area contributed by atoms with E-state index < -0.39 is 0 Å². The van der Waals surface area contributed by atoms with Gasteiger partial charge < -0.3 is 9.47 Å². The highest BCUT2D eigenvalue weighted by Crippen LogP contribution is 2.30. The van der Waals surface area contributed by atoms with Gasteiger partial charge in [0.1, 0.15) is 0 Å². The molecule has 4 heteroatoms. The Labute approximate surface area is 185 Å². The van der Waals surface area contributed by atoms with E-state index in [4.69, 9.17) is 9.47 Å².